The van der Waals surface area contributed by atoms with E-state index in [1.54, 1.807) is 22.3 Å². The maximum atomic E-state index is 12.6. The average molecular weight is 288 g/mol. The first-order valence-electron chi connectivity index (χ1n) is 6.59. The fourth-order valence-corrected chi connectivity index (χ4v) is 3.01. The summed E-state index contributed by atoms with van der Waals surface area (Å²) in [5, 5.41) is 2.03. The summed E-state index contributed by atoms with van der Waals surface area (Å²) < 4.78 is 0. The minimum absolute atomic E-state index is 0.00935. The van der Waals surface area contributed by atoms with Gasteiger partial charge >= 0.3 is 0 Å². The summed E-state index contributed by atoms with van der Waals surface area (Å²) in [5.41, 5.74) is 9.24. The molecule has 2 N–H and O–H groups in total. The van der Waals surface area contributed by atoms with E-state index in [2.05, 4.69) is 6.07 Å². The third-order valence-corrected chi connectivity index (χ3v) is 4.74. The van der Waals surface area contributed by atoms with Gasteiger partial charge in [-0.1, -0.05) is 12.1 Å². The average Bonchev–Trinajstić information content (AvgIpc) is 2.94. The van der Waals surface area contributed by atoms with Gasteiger partial charge in [0.2, 0.25) is 0 Å². The highest BCUT2D eigenvalue weighted by Crippen LogP contribution is 2.26. The molecule has 0 fully saturated rings. The number of nitrogen functional groups attached to an aromatic ring is 1. The van der Waals surface area contributed by atoms with E-state index in [1.165, 1.54) is 4.88 Å². The second-order valence-electron chi connectivity index (χ2n) is 5.13. The Bertz CT molecular complexity index is 620. The van der Waals surface area contributed by atoms with Gasteiger partial charge in [0, 0.05) is 23.2 Å². The molecule has 0 saturated carbocycles. The van der Waals surface area contributed by atoms with Crippen molar-refractivity contribution >= 4 is 22.9 Å². The lowest BCUT2D eigenvalue weighted by atomic mass is 10.0. The smallest absolute Gasteiger partial charge is 0.254 e. The van der Waals surface area contributed by atoms with Crippen molar-refractivity contribution in [3.05, 3.63) is 51.2 Å². The number of carbonyl (C=O) groups excluding carboxylic acids is 1. The quantitative estimate of drug-likeness (QED) is 0.874. The zero-order chi connectivity index (χ0) is 14.9. The van der Waals surface area contributed by atoms with E-state index in [1.807, 2.05) is 45.3 Å². The van der Waals surface area contributed by atoms with Crippen LogP contribution in [0.25, 0.3) is 0 Å². The Balaban J connectivity index is 2.29. The third-order valence-electron chi connectivity index (χ3n) is 3.70. The Labute approximate surface area is 124 Å². The number of anilines is 1. The molecule has 3 nitrogen and oxygen atoms in total. The second kappa shape index (κ2) is 5.67. The molecule has 0 aliphatic carbocycles. The molecule has 1 heterocycles. The van der Waals surface area contributed by atoms with E-state index in [0.29, 0.717) is 11.3 Å². The molecule has 1 aromatic heterocycles. The summed E-state index contributed by atoms with van der Waals surface area (Å²) in [6, 6.07) is 7.86. The van der Waals surface area contributed by atoms with Gasteiger partial charge < -0.3 is 10.6 Å². The molecule has 2 aromatic rings. The van der Waals surface area contributed by atoms with Gasteiger partial charge in [0.1, 0.15) is 0 Å². The molecule has 0 radical (unpaired) electrons. The fourth-order valence-electron chi connectivity index (χ4n) is 2.19. The fraction of sp³-hybridized carbons (Fsp3) is 0.312. The molecule has 106 valence electrons. The molecule has 1 unspecified atom stereocenters. The molecule has 1 amide bonds. The van der Waals surface area contributed by atoms with Gasteiger partial charge in [-0.15, -0.1) is 11.3 Å². The summed E-state index contributed by atoms with van der Waals surface area (Å²) in [6.45, 7) is 5.94. The molecule has 0 bridgehead atoms. The van der Waals surface area contributed by atoms with Crippen LogP contribution < -0.4 is 5.73 Å². The Morgan fingerprint density at radius 1 is 1.30 bits per heavy atom. The number of thiophene rings is 1. The van der Waals surface area contributed by atoms with Gasteiger partial charge in [-0.05, 0) is 49.4 Å². The number of carbonyl (C=O) groups is 1. The van der Waals surface area contributed by atoms with Gasteiger partial charge in [0.25, 0.3) is 5.91 Å². The first kappa shape index (κ1) is 14.6. The zero-order valence-corrected chi connectivity index (χ0v) is 13.1. The topological polar surface area (TPSA) is 46.3 Å². The maximum Gasteiger partial charge on any atom is 0.254 e. The van der Waals surface area contributed by atoms with Crippen LogP contribution >= 0.6 is 11.3 Å². The minimum Gasteiger partial charge on any atom is -0.398 e. The lowest BCUT2D eigenvalue weighted by Crippen LogP contribution is -2.29. The van der Waals surface area contributed by atoms with Crippen LogP contribution in [0.1, 0.15) is 39.3 Å². The number of aryl methyl sites for hydroxylation is 2. The second-order valence-corrected chi connectivity index (χ2v) is 6.11. The molecule has 0 aliphatic heterocycles. The van der Waals surface area contributed by atoms with E-state index in [9.17, 15) is 4.79 Å². The van der Waals surface area contributed by atoms with Crippen molar-refractivity contribution in [3.8, 4) is 0 Å². The van der Waals surface area contributed by atoms with Crippen LogP contribution in [-0.4, -0.2) is 17.9 Å². The highest BCUT2D eigenvalue weighted by atomic mass is 32.1. The first-order chi connectivity index (χ1) is 9.41. The van der Waals surface area contributed by atoms with Gasteiger partial charge in [-0.2, -0.15) is 0 Å². The molecule has 0 aliphatic rings. The number of nitrogens with two attached hydrogens (primary N) is 1. The monoisotopic (exact) mass is 288 g/mol. The van der Waals surface area contributed by atoms with E-state index in [4.69, 9.17) is 5.73 Å². The Morgan fingerprint density at radius 2 is 2.00 bits per heavy atom. The van der Waals surface area contributed by atoms with Crippen LogP contribution in [0.15, 0.2) is 29.6 Å². The highest BCUT2D eigenvalue weighted by molar-refractivity contribution is 7.10. The normalized spacial score (nSPS) is 12.2. The van der Waals surface area contributed by atoms with Crippen LogP contribution in [0.2, 0.25) is 0 Å². The molecule has 0 saturated heterocycles. The predicted octanol–water partition coefficient (Wildman–Crippen LogP) is 3.78. The lowest BCUT2D eigenvalue weighted by molar-refractivity contribution is 0.0744. The number of hydrogen-bond donors (Lipinski definition) is 1. The van der Waals surface area contributed by atoms with Gasteiger partial charge in [-0.3, -0.25) is 4.79 Å². The number of benzene rings is 1. The van der Waals surface area contributed by atoms with Gasteiger partial charge in [-0.25, -0.2) is 0 Å². The summed E-state index contributed by atoms with van der Waals surface area (Å²) in [6.07, 6.45) is 0. The molecule has 1 atom stereocenters. The Morgan fingerprint density at radius 3 is 2.60 bits per heavy atom. The van der Waals surface area contributed by atoms with Crippen LogP contribution in [0.5, 0.6) is 0 Å². The zero-order valence-electron chi connectivity index (χ0n) is 12.3. The lowest BCUT2D eigenvalue weighted by Gasteiger charge is -2.25. The van der Waals surface area contributed by atoms with Crippen molar-refractivity contribution in [2.75, 3.05) is 12.8 Å². The first-order valence-corrected chi connectivity index (χ1v) is 7.47. The van der Waals surface area contributed by atoms with E-state index < -0.39 is 0 Å². The van der Waals surface area contributed by atoms with Crippen molar-refractivity contribution in [3.63, 3.8) is 0 Å². The standard InChI is InChI=1S/C16H20N2OS/c1-10-8-11(2)14(17)9-13(10)16(19)18(4)12(3)15-6-5-7-20-15/h5-9,12H,17H2,1-4H3. The predicted molar refractivity (Wildman–Crippen MR) is 85.2 cm³/mol. The van der Waals surface area contributed by atoms with E-state index >= 15 is 0 Å². The number of hydrogen-bond acceptors (Lipinski definition) is 3. The van der Waals surface area contributed by atoms with Crippen molar-refractivity contribution < 1.29 is 4.79 Å². The molecule has 2 rings (SSSR count). The van der Waals surface area contributed by atoms with E-state index in [-0.39, 0.29) is 11.9 Å². The summed E-state index contributed by atoms with van der Waals surface area (Å²) in [7, 11) is 1.84. The number of nitrogens with zero attached hydrogens (tertiary/aromatic N) is 1. The van der Waals surface area contributed by atoms with Crippen molar-refractivity contribution in [2.45, 2.75) is 26.8 Å². The van der Waals surface area contributed by atoms with Crippen LogP contribution in [0.4, 0.5) is 5.69 Å². The third kappa shape index (κ3) is 2.70. The number of amides is 1. The summed E-state index contributed by atoms with van der Waals surface area (Å²) in [5.74, 6) is 0.00935. The van der Waals surface area contributed by atoms with Crippen molar-refractivity contribution in [1.82, 2.24) is 4.90 Å². The van der Waals surface area contributed by atoms with Crippen molar-refractivity contribution in [1.29, 1.82) is 0 Å². The highest BCUT2D eigenvalue weighted by Gasteiger charge is 2.21. The Hall–Kier alpha value is -1.81. The van der Waals surface area contributed by atoms with Crippen LogP contribution in [-0.2, 0) is 0 Å². The number of rotatable bonds is 3. The molecular weight excluding hydrogens is 268 g/mol. The molecule has 1 aromatic carbocycles. The largest absolute Gasteiger partial charge is 0.398 e. The summed E-state index contributed by atoms with van der Waals surface area (Å²) in [4.78, 5) is 15.6. The van der Waals surface area contributed by atoms with E-state index in [0.717, 1.165) is 11.1 Å². The minimum atomic E-state index is 0.00935. The molecule has 20 heavy (non-hydrogen) atoms. The van der Waals surface area contributed by atoms with Gasteiger partial charge in [0.15, 0.2) is 0 Å². The summed E-state index contributed by atoms with van der Waals surface area (Å²) >= 11 is 1.66. The Kier molecular flexibility index (Phi) is 4.14. The molecular formula is C16H20N2OS. The van der Waals surface area contributed by atoms with Gasteiger partial charge in [0.05, 0.1) is 6.04 Å². The van der Waals surface area contributed by atoms with Crippen LogP contribution in [0, 0.1) is 13.8 Å². The van der Waals surface area contributed by atoms with Crippen molar-refractivity contribution in [2.24, 2.45) is 0 Å². The van der Waals surface area contributed by atoms with Crippen LogP contribution in [0.3, 0.4) is 0 Å². The molecule has 4 heteroatoms. The SMILES string of the molecule is Cc1cc(C)c(C(=O)N(C)C(C)c2cccs2)cc1N. The maximum absolute atomic E-state index is 12.6. The molecule has 0 spiro atoms.